The van der Waals surface area contributed by atoms with Crippen LogP contribution in [0.5, 0.6) is 0 Å². The Morgan fingerprint density at radius 3 is 2.25 bits per heavy atom. The van der Waals surface area contributed by atoms with Gasteiger partial charge in [0.1, 0.15) is 6.04 Å². The first-order chi connectivity index (χ1) is 19.0. The molecule has 0 aromatic heterocycles. The summed E-state index contributed by atoms with van der Waals surface area (Å²) >= 11 is 0. The molecule has 0 unspecified atom stereocenters. The van der Waals surface area contributed by atoms with Crippen LogP contribution in [0.25, 0.3) is 0 Å². The molecule has 4 N–H and O–H groups in total. The summed E-state index contributed by atoms with van der Waals surface area (Å²) in [7, 11) is 0. The molecule has 4 amide bonds. The number of nitrogens with zero attached hydrogens (tertiary/aromatic N) is 2. The smallest absolute Gasteiger partial charge is 0.245 e. The van der Waals surface area contributed by atoms with Crippen LogP contribution >= 0.6 is 0 Å². The maximum absolute atomic E-state index is 13.7. The van der Waals surface area contributed by atoms with Crippen LogP contribution in [0, 0.1) is 17.3 Å². The van der Waals surface area contributed by atoms with Gasteiger partial charge in [-0.25, -0.2) is 5.06 Å². The van der Waals surface area contributed by atoms with E-state index in [0.29, 0.717) is 43.4 Å². The number of hydrogen-bond donors (Lipinski definition) is 4. The number of benzene rings is 1. The van der Waals surface area contributed by atoms with Crippen molar-refractivity contribution in [2.75, 3.05) is 25.0 Å². The van der Waals surface area contributed by atoms with Crippen molar-refractivity contribution in [3.05, 3.63) is 29.8 Å². The van der Waals surface area contributed by atoms with Crippen LogP contribution in [-0.2, 0) is 25.7 Å². The van der Waals surface area contributed by atoms with Crippen LogP contribution < -0.4 is 16.0 Å². The van der Waals surface area contributed by atoms with E-state index in [9.17, 15) is 24.4 Å². The zero-order valence-corrected chi connectivity index (χ0v) is 24.4. The zero-order chi connectivity index (χ0) is 29.3. The second-order valence-electron chi connectivity index (χ2n) is 12.5. The van der Waals surface area contributed by atoms with Crippen LogP contribution in [0.15, 0.2) is 24.3 Å². The van der Waals surface area contributed by atoms with Crippen molar-refractivity contribution in [1.29, 1.82) is 0 Å². The summed E-state index contributed by atoms with van der Waals surface area (Å²) in [6, 6.07) is 7.31. The van der Waals surface area contributed by atoms with E-state index in [2.05, 4.69) is 16.0 Å². The number of anilines is 1. The second kappa shape index (κ2) is 14.6. The predicted octanol–water partition coefficient (Wildman–Crippen LogP) is 3.30. The fourth-order valence-electron chi connectivity index (χ4n) is 5.75. The molecule has 10 nitrogen and oxygen atoms in total. The maximum atomic E-state index is 13.7. The van der Waals surface area contributed by atoms with E-state index in [1.807, 2.05) is 49.9 Å². The zero-order valence-electron chi connectivity index (χ0n) is 24.4. The molecule has 1 saturated carbocycles. The SMILES string of the molecule is CC(=O)Nc1ccc(CNC2CCN(C(=O)[C@@H](NC(=O)[C@H](CC3CCCC3)CN(O)C=O)C(C)(C)C)CC2)cc1. The highest BCUT2D eigenvalue weighted by molar-refractivity contribution is 5.89. The van der Waals surface area contributed by atoms with Gasteiger partial charge in [-0.2, -0.15) is 0 Å². The van der Waals surface area contributed by atoms with E-state index in [1.54, 1.807) is 0 Å². The first-order valence-corrected chi connectivity index (χ1v) is 14.6. The Bertz CT molecular complexity index is 995. The highest BCUT2D eigenvalue weighted by Gasteiger charge is 2.38. The van der Waals surface area contributed by atoms with Gasteiger partial charge in [-0.05, 0) is 48.3 Å². The van der Waals surface area contributed by atoms with Gasteiger partial charge in [0.2, 0.25) is 24.1 Å². The van der Waals surface area contributed by atoms with Crippen LogP contribution in [0.2, 0.25) is 0 Å². The lowest BCUT2D eigenvalue weighted by molar-refractivity contribution is -0.156. The molecule has 1 aliphatic carbocycles. The molecule has 2 atom stereocenters. The highest BCUT2D eigenvalue weighted by Crippen LogP contribution is 2.31. The Kier molecular flexibility index (Phi) is 11.5. The van der Waals surface area contributed by atoms with Gasteiger partial charge in [-0.3, -0.25) is 24.4 Å². The van der Waals surface area contributed by atoms with Crippen LogP contribution in [-0.4, -0.2) is 71.0 Å². The van der Waals surface area contributed by atoms with Crippen molar-refractivity contribution < 1.29 is 24.4 Å². The molecule has 3 rings (SSSR count). The number of hydrogen-bond acceptors (Lipinski definition) is 6. The first kappa shape index (κ1) is 31.5. The number of carbonyl (C=O) groups excluding carboxylic acids is 4. The summed E-state index contributed by atoms with van der Waals surface area (Å²) in [5.74, 6) is -0.663. The topological polar surface area (TPSA) is 131 Å². The third-order valence-corrected chi connectivity index (χ3v) is 8.07. The molecule has 40 heavy (non-hydrogen) atoms. The summed E-state index contributed by atoms with van der Waals surface area (Å²) < 4.78 is 0. The van der Waals surface area contributed by atoms with Crippen LogP contribution in [0.1, 0.15) is 78.2 Å². The van der Waals surface area contributed by atoms with Crippen molar-refractivity contribution in [2.24, 2.45) is 17.3 Å². The Morgan fingerprint density at radius 1 is 1.07 bits per heavy atom. The average Bonchev–Trinajstić information content (AvgIpc) is 3.43. The standard InChI is InChI=1S/C30H47N5O5/c1-21(37)32-26-11-9-23(10-12-26)18-31-25-13-15-34(16-14-25)29(39)27(30(2,3)4)33-28(38)24(19-35(40)20-36)17-22-7-5-6-8-22/h9-12,20,22,24-25,27,31,40H,5-8,13-19H2,1-4H3,(H,32,37)(H,33,38)/t24-,27-/m1/s1. The van der Waals surface area contributed by atoms with Crippen molar-refractivity contribution in [3.8, 4) is 0 Å². The molecule has 1 aromatic rings. The van der Waals surface area contributed by atoms with Crippen molar-refractivity contribution >= 4 is 29.8 Å². The number of amides is 4. The number of likely N-dealkylation sites (tertiary alicyclic amines) is 1. The number of carbonyl (C=O) groups is 4. The molecule has 1 saturated heterocycles. The molecule has 1 heterocycles. The Labute approximate surface area is 238 Å². The van der Waals surface area contributed by atoms with Gasteiger partial charge in [0.25, 0.3) is 0 Å². The molecule has 222 valence electrons. The van der Waals surface area contributed by atoms with Gasteiger partial charge in [0.05, 0.1) is 12.5 Å². The third kappa shape index (κ3) is 9.59. The molecule has 1 aliphatic heterocycles. The molecular weight excluding hydrogens is 510 g/mol. The summed E-state index contributed by atoms with van der Waals surface area (Å²) in [5.41, 5.74) is 1.38. The van der Waals surface area contributed by atoms with E-state index in [4.69, 9.17) is 0 Å². The summed E-state index contributed by atoms with van der Waals surface area (Å²) in [4.78, 5) is 51.2. The molecule has 2 aliphatic rings. The van der Waals surface area contributed by atoms with Crippen molar-refractivity contribution in [3.63, 3.8) is 0 Å². The first-order valence-electron chi connectivity index (χ1n) is 14.6. The van der Waals surface area contributed by atoms with E-state index in [0.717, 1.165) is 49.8 Å². The average molecular weight is 558 g/mol. The Morgan fingerprint density at radius 2 is 1.70 bits per heavy atom. The van der Waals surface area contributed by atoms with Gasteiger partial charge in [-0.1, -0.05) is 58.6 Å². The minimum absolute atomic E-state index is 0.0794. The number of piperidine rings is 1. The molecule has 0 radical (unpaired) electrons. The van der Waals surface area contributed by atoms with Crippen molar-refractivity contribution in [1.82, 2.24) is 20.6 Å². The summed E-state index contributed by atoms with van der Waals surface area (Å²) in [6.07, 6.45) is 6.89. The minimum Gasteiger partial charge on any atom is -0.344 e. The highest BCUT2D eigenvalue weighted by atomic mass is 16.5. The molecular formula is C30H47N5O5. The fourth-order valence-corrected chi connectivity index (χ4v) is 5.75. The lowest BCUT2D eigenvalue weighted by Crippen LogP contribution is -2.58. The van der Waals surface area contributed by atoms with Gasteiger partial charge in [0, 0.05) is 38.3 Å². The number of hydroxylamine groups is 2. The summed E-state index contributed by atoms with van der Waals surface area (Å²) in [5, 5.41) is 19.7. The monoisotopic (exact) mass is 557 g/mol. The second-order valence-corrected chi connectivity index (χ2v) is 12.5. The number of nitrogens with one attached hydrogen (secondary N) is 3. The lowest BCUT2D eigenvalue weighted by Gasteiger charge is -2.39. The maximum Gasteiger partial charge on any atom is 0.245 e. The fraction of sp³-hybridized carbons (Fsp3) is 0.667. The van der Waals surface area contributed by atoms with E-state index >= 15 is 0 Å². The van der Waals surface area contributed by atoms with Gasteiger partial charge in [-0.15, -0.1) is 0 Å². The Hall–Kier alpha value is -2.98. The normalized spacial score (nSPS) is 18.2. The molecule has 1 aromatic carbocycles. The largest absolute Gasteiger partial charge is 0.344 e. The van der Waals surface area contributed by atoms with E-state index in [-0.39, 0.29) is 30.3 Å². The van der Waals surface area contributed by atoms with Gasteiger partial charge in [0.15, 0.2) is 0 Å². The Balaban J connectivity index is 1.55. The quantitative estimate of drug-likeness (QED) is 0.177. The predicted molar refractivity (Wildman–Crippen MR) is 153 cm³/mol. The van der Waals surface area contributed by atoms with Gasteiger partial charge < -0.3 is 20.9 Å². The summed E-state index contributed by atoms with van der Waals surface area (Å²) in [6.45, 7) is 9.13. The molecule has 0 spiro atoms. The van der Waals surface area contributed by atoms with Crippen LogP contribution in [0.4, 0.5) is 5.69 Å². The lowest BCUT2D eigenvalue weighted by atomic mass is 9.84. The third-order valence-electron chi connectivity index (χ3n) is 8.07. The number of rotatable bonds is 12. The van der Waals surface area contributed by atoms with Crippen molar-refractivity contribution in [2.45, 2.75) is 91.3 Å². The van der Waals surface area contributed by atoms with E-state index in [1.165, 1.54) is 6.92 Å². The van der Waals surface area contributed by atoms with E-state index < -0.39 is 17.4 Å². The molecule has 10 heteroatoms. The van der Waals surface area contributed by atoms with Crippen LogP contribution in [0.3, 0.4) is 0 Å². The molecule has 2 fully saturated rings. The minimum atomic E-state index is -0.707. The molecule has 0 bridgehead atoms. The van der Waals surface area contributed by atoms with Gasteiger partial charge >= 0.3 is 0 Å².